The van der Waals surface area contributed by atoms with E-state index in [1.807, 2.05) is 0 Å². The van der Waals surface area contributed by atoms with E-state index in [-0.39, 0.29) is 42.9 Å². The number of quaternary nitrogens is 1. The van der Waals surface area contributed by atoms with Crippen molar-refractivity contribution in [2.75, 3.05) is 65.7 Å². The number of hydrogen-bond acceptors (Lipinski definition) is 7. The van der Waals surface area contributed by atoms with Gasteiger partial charge in [-0.25, -0.2) is 0 Å². The monoisotopic (exact) mass is 423 g/mol. The molecule has 0 unspecified atom stereocenters. The van der Waals surface area contributed by atoms with Crippen molar-refractivity contribution in [3.8, 4) is 0 Å². The van der Waals surface area contributed by atoms with Gasteiger partial charge in [-0.15, -0.1) is 0 Å². The van der Waals surface area contributed by atoms with E-state index in [9.17, 15) is 0 Å². The first-order chi connectivity index (χ1) is 10.7. The third-order valence-electron chi connectivity index (χ3n) is 2.80. The number of hydrogen-bond donors (Lipinski definition) is 7. The Morgan fingerprint density at radius 1 is 0.750 bits per heavy atom. The zero-order valence-corrected chi connectivity index (χ0v) is 16.0. The van der Waals surface area contributed by atoms with Gasteiger partial charge in [0.2, 0.25) is 0 Å². The zero-order chi connectivity index (χ0) is 18.8. The van der Waals surface area contributed by atoms with Crippen LogP contribution in [0.15, 0.2) is 0 Å². The molecule has 0 radical (unpaired) electrons. The van der Waals surface area contributed by atoms with E-state index in [0.717, 1.165) is 13.1 Å². The van der Waals surface area contributed by atoms with E-state index in [1.165, 1.54) is 0 Å². The minimum atomic E-state index is -4.67. The number of nitrogens with zero attached hydrogens (tertiary/aromatic N) is 1. The summed E-state index contributed by atoms with van der Waals surface area (Å²) in [5.41, 5.74) is 0. The van der Waals surface area contributed by atoms with E-state index in [0.29, 0.717) is 30.7 Å². The number of rotatable bonds is 10. The molecule has 0 aromatic carbocycles. The molecule has 0 saturated carbocycles. The van der Waals surface area contributed by atoms with Gasteiger partial charge in [0.05, 0.1) is 26.4 Å². The first kappa shape index (κ1) is 31.9. The molecule has 154 valence electrons. The first-order valence-electron chi connectivity index (χ1n) is 7.35. The van der Waals surface area contributed by atoms with Crippen molar-refractivity contribution < 1.29 is 58.9 Å². The normalized spacial score (nSPS) is 10.7. The van der Waals surface area contributed by atoms with Gasteiger partial charge in [-0.3, -0.25) is 9.11 Å². The van der Waals surface area contributed by atoms with Crippen molar-refractivity contribution in [2.45, 2.75) is 13.8 Å². The third-order valence-corrected chi connectivity index (χ3v) is 2.80. The fourth-order valence-corrected chi connectivity index (χ4v) is 1.77. The van der Waals surface area contributed by atoms with E-state index in [1.54, 1.807) is 0 Å². The Labute approximate surface area is 154 Å². The summed E-state index contributed by atoms with van der Waals surface area (Å²) in [4.78, 5) is 0. The molecule has 0 bridgehead atoms. The predicted octanol–water partition coefficient (Wildman–Crippen LogP) is -2.27. The summed E-state index contributed by atoms with van der Waals surface area (Å²) in [6.45, 7) is 8.23. The van der Waals surface area contributed by atoms with Gasteiger partial charge in [0.15, 0.2) is 0 Å². The minimum absolute atomic E-state index is 0. The van der Waals surface area contributed by atoms with Gasteiger partial charge in [0, 0.05) is 16.5 Å². The largest absolute Gasteiger partial charge is 0.394 e. The maximum absolute atomic E-state index is 8.82. The molecular formula is C12H33N2NiO8S+. The molecule has 24 heavy (non-hydrogen) atoms. The fraction of sp³-hybridized carbons (Fsp3) is 1.00. The Morgan fingerprint density at radius 3 is 1.04 bits per heavy atom. The van der Waals surface area contributed by atoms with Gasteiger partial charge >= 0.3 is 10.4 Å². The van der Waals surface area contributed by atoms with Crippen LogP contribution in [0.25, 0.3) is 0 Å². The Hall–Kier alpha value is 0.124. The quantitative estimate of drug-likeness (QED) is 0.116. The molecule has 0 aliphatic heterocycles. The van der Waals surface area contributed by atoms with Crippen LogP contribution in [0.3, 0.4) is 0 Å². The molecule has 0 heterocycles. The van der Waals surface area contributed by atoms with Crippen LogP contribution in [-0.4, -0.2) is 108 Å². The van der Waals surface area contributed by atoms with Crippen LogP contribution in [-0.2, 0) is 26.9 Å². The van der Waals surface area contributed by atoms with Crippen LogP contribution in [0.4, 0.5) is 0 Å². The SMILES string of the molecule is CCNCC.O=S(=O)(O)O.OCC[N+](CCO)(CCO)CCO.[Ni]. The summed E-state index contributed by atoms with van der Waals surface area (Å²) in [5, 5.41) is 38.4. The molecule has 0 amide bonds. The van der Waals surface area contributed by atoms with Gasteiger partial charge in [0.1, 0.15) is 26.2 Å². The van der Waals surface area contributed by atoms with Crippen LogP contribution in [0, 0.1) is 0 Å². The fourth-order valence-electron chi connectivity index (χ4n) is 1.77. The summed E-state index contributed by atoms with van der Waals surface area (Å²) < 4.78 is 32.0. The summed E-state index contributed by atoms with van der Waals surface area (Å²) in [7, 11) is -4.67. The van der Waals surface area contributed by atoms with E-state index < -0.39 is 10.4 Å². The Morgan fingerprint density at radius 2 is 0.958 bits per heavy atom. The molecule has 0 rings (SSSR count). The smallest absolute Gasteiger partial charge is 0.391 e. The van der Waals surface area contributed by atoms with Crippen molar-refractivity contribution in [1.82, 2.24) is 5.32 Å². The molecule has 0 saturated heterocycles. The summed E-state index contributed by atoms with van der Waals surface area (Å²) in [6.07, 6.45) is 0. The Balaban J connectivity index is -0.000000151. The zero-order valence-electron chi connectivity index (χ0n) is 14.2. The minimum Gasteiger partial charge on any atom is -0.391 e. The molecule has 0 atom stereocenters. The van der Waals surface area contributed by atoms with Crippen LogP contribution >= 0.6 is 0 Å². The van der Waals surface area contributed by atoms with Gasteiger partial charge < -0.3 is 30.2 Å². The third kappa shape index (κ3) is 30.1. The van der Waals surface area contributed by atoms with Gasteiger partial charge in [-0.1, -0.05) is 13.8 Å². The average Bonchev–Trinajstić information content (AvgIpc) is 2.39. The molecule has 10 nitrogen and oxygen atoms in total. The molecule has 7 N–H and O–H groups in total. The van der Waals surface area contributed by atoms with Crippen molar-refractivity contribution in [1.29, 1.82) is 0 Å². The average molecular weight is 424 g/mol. The molecule has 0 spiro atoms. The van der Waals surface area contributed by atoms with Crippen molar-refractivity contribution in [2.24, 2.45) is 0 Å². The standard InChI is InChI=1S/C8H20NO4.C4H11N.Ni.H2O4S/c10-5-1-9(2-6-11,3-7-12)4-8-13;1-3-5-4-2;;1-5(2,3)4/h10-13H,1-8H2;5H,3-4H2,1-2H3;;(H2,1,2,3,4)/q+1;;;. The van der Waals surface area contributed by atoms with Crippen molar-refractivity contribution in [3.63, 3.8) is 0 Å². The summed E-state index contributed by atoms with van der Waals surface area (Å²) in [5.74, 6) is 0. The second-order valence-electron chi connectivity index (χ2n) is 4.54. The molecule has 0 aliphatic carbocycles. The summed E-state index contributed by atoms with van der Waals surface area (Å²) >= 11 is 0. The van der Waals surface area contributed by atoms with Crippen molar-refractivity contribution in [3.05, 3.63) is 0 Å². The molecule has 0 aromatic rings. The molecule has 0 aromatic heterocycles. The van der Waals surface area contributed by atoms with Gasteiger partial charge in [-0.2, -0.15) is 8.42 Å². The van der Waals surface area contributed by atoms with Crippen LogP contribution in [0.2, 0.25) is 0 Å². The topological polar surface area (TPSA) is 168 Å². The molecule has 0 fully saturated rings. The number of aliphatic hydroxyl groups excluding tert-OH is 4. The van der Waals surface area contributed by atoms with Crippen LogP contribution in [0.1, 0.15) is 13.8 Å². The second-order valence-corrected chi connectivity index (χ2v) is 5.43. The Kier molecular flexibility index (Phi) is 28.1. The van der Waals surface area contributed by atoms with E-state index >= 15 is 0 Å². The van der Waals surface area contributed by atoms with Crippen LogP contribution in [0.5, 0.6) is 0 Å². The second kappa shape index (κ2) is 21.2. The predicted molar refractivity (Wildman–Crippen MR) is 86.5 cm³/mol. The van der Waals surface area contributed by atoms with E-state index in [2.05, 4.69) is 19.2 Å². The van der Waals surface area contributed by atoms with E-state index in [4.69, 9.17) is 37.9 Å². The van der Waals surface area contributed by atoms with Crippen LogP contribution < -0.4 is 5.32 Å². The number of nitrogens with one attached hydrogen (secondary N) is 1. The number of aliphatic hydroxyl groups is 4. The summed E-state index contributed by atoms with van der Waals surface area (Å²) in [6, 6.07) is 0. The van der Waals surface area contributed by atoms with Gasteiger partial charge in [-0.05, 0) is 13.1 Å². The maximum Gasteiger partial charge on any atom is 0.394 e. The van der Waals surface area contributed by atoms with Gasteiger partial charge in [0.25, 0.3) is 0 Å². The molecular weight excluding hydrogens is 391 g/mol. The Bertz CT molecular complexity index is 294. The van der Waals surface area contributed by atoms with Crippen molar-refractivity contribution >= 4 is 10.4 Å². The molecule has 12 heteroatoms. The first-order valence-corrected chi connectivity index (χ1v) is 8.75. The molecule has 0 aliphatic rings. The maximum atomic E-state index is 8.82.